The lowest BCUT2D eigenvalue weighted by atomic mass is 9.82. The zero-order valence-corrected chi connectivity index (χ0v) is 22.1. The van der Waals surface area contributed by atoms with Gasteiger partial charge in [-0.1, -0.05) is 138 Å². The van der Waals surface area contributed by atoms with Crippen molar-refractivity contribution in [3.8, 4) is 22.3 Å². The van der Waals surface area contributed by atoms with Crippen molar-refractivity contribution in [1.82, 2.24) is 0 Å². The van der Waals surface area contributed by atoms with Gasteiger partial charge in [0.05, 0.1) is 0 Å². The van der Waals surface area contributed by atoms with E-state index in [9.17, 15) is 0 Å². The standard InChI is InChI=1S/2C16H16.C2H6/c2*1-11-8-9-13-12-6-4-5-7-14(12)16(2,3)15(13)10-11;1-2/h2*4-10H,1-3H3;1-2H3. The third kappa shape index (κ3) is 3.80. The van der Waals surface area contributed by atoms with Crippen molar-refractivity contribution in [1.29, 1.82) is 0 Å². The highest BCUT2D eigenvalue weighted by Gasteiger charge is 2.35. The van der Waals surface area contributed by atoms with Crippen LogP contribution in [0.1, 0.15) is 74.9 Å². The third-order valence-corrected chi connectivity index (χ3v) is 7.48. The predicted octanol–water partition coefficient (Wildman–Crippen LogP) is 9.63. The summed E-state index contributed by atoms with van der Waals surface area (Å²) in [5.41, 5.74) is 14.5. The van der Waals surface area contributed by atoms with Crippen molar-refractivity contribution >= 4 is 0 Å². The van der Waals surface area contributed by atoms with E-state index in [4.69, 9.17) is 0 Å². The van der Waals surface area contributed by atoms with Gasteiger partial charge in [-0.25, -0.2) is 0 Å². The van der Waals surface area contributed by atoms with E-state index in [0.29, 0.717) is 0 Å². The van der Waals surface area contributed by atoms with Crippen LogP contribution in [0.4, 0.5) is 0 Å². The van der Waals surface area contributed by atoms with Crippen LogP contribution in [0.15, 0.2) is 84.9 Å². The molecular weight excluding hydrogens is 408 g/mol. The van der Waals surface area contributed by atoms with Crippen LogP contribution in [0.2, 0.25) is 0 Å². The van der Waals surface area contributed by atoms with Gasteiger partial charge in [0.1, 0.15) is 0 Å². The van der Waals surface area contributed by atoms with E-state index in [1.54, 1.807) is 0 Å². The summed E-state index contributed by atoms with van der Waals surface area (Å²) in [6, 6.07) is 31.1. The SMILES string of the molecule is CC.Cc1ccc2c(c1)C(C)(C)c1ccccc1-2.Cc1ccc2c(c1)C(C)(C)c1ccccc1-2. The van der Waals surface area contributed by atoms with Crippen molar-refractivity contribution < 1.29 is 0 Å². The van der Waals surface area contributed by atoms with Crippen molar-refractivity contribution in [2.75, 3.05) is 0 Å². The lowest BCUT2D eigenvalue weighted by Gasteiger charge is -2.21. The molecule has 0 fully saturated rings. The van der Waals surface area contributed by atoms with E-state index in [-0.39, 0.29) is 10.8 Å². The average molecular weight is 447 g/mol. The van der Waals surface area contributed by atoms with Crippen molar-refractivity contribution in [3.05, 3.63) is 118 Å². The Morgan fingerprint density at radius 2 is 0.735 bits per heavy atom. The molecule has 4 aromatic carbocycles. The van der Waals surface area contributed by atoms with Gasteiger partial charge >= 0.3 is 0 Å². The van der Waals surface area contributed by atoms with Crippen LogP contribution < -0.4 is 0 Å². The minimum Gasteiger partial charge on any atom is -0.0683 e. The predicted molar refractivity (Wildman–Crippen MR) is 149 cm³/mol. The fourth-order valence-electron chi connectivity index (χ4n) is 5.64. The molecule has 0 aliphatic heterocycles. The van der Waals surface area contributed by atoms with Crippen LogP contribution in [0.5, 0.6) is 0 Å². The Morgan fingerprint density at radius 3 is 1.12 bits per heavy atom. The number of hydrogen-bond donors (Lipinski definition) is 0. The molecular formula is C34H38. The largest absolute Gasteiger partial charge is 0.0683 e. The maximum absolute atomic E-state index is 2.33. The molecule has 0 N–H and O–H groups in total. The lowest BCUT2D eigenvalue weighted by Crippen LogP contribution is -2.14. The van der Waals surface area contributed by atoms with Crippen LogP contribution in [0.3, 0.4) is 0 Å². The smallest absolute Gasteiger partial charge is 0.0158 e. The second-order valence-corrected chi connectivity index (χ2v) is 10.4. The monoisotopic (exact) mass is 446 g/mol. The maximum Gasteiger partial charge on any atom is 0.0158 e. The Bertz CT molecular complexity index is 1230. The number of aryl methyl sites for hydroxylation is 2. The zero-order chi connectivity index (χ0) is 24.7. The summed E-state index contributed by atoms with van der Waals surface area (Å²) < 4.78 is 0. The van der Waals surface area contributed by atoms with Crippen molar-refractivity contribution in [3.63, 3.8) is 0 Å². The normalized spacial score (nSPS) is 14.9. The number of hydrogen-bond acceptors (Lipinski definition) is 0. The van der Waals surface area contributed by atoms with Crippen molar-refractivity contribution in [2.24, 2.45) is 0 Å². The molecule has 34 heavy (non-hydrogen) atoms. The van der Waals surface area contributed by atoms with E-state index in [1.807, 2.05) is 13.8 Å². The summed E-state index contributed by atoms with van der Waals surface area (Å²) in [5, 5.41) is 0. The first kappa shape index (κ1) is 24.0. The molecule has 0 spiro atoms. The van der Waals surface area contributed by atoms with Gasteiger partial charge in [0.2, 0.25) is 0 Å². The van der Waals surface area contributed by atoms with Gasteiger partial charge in [0.15, 0.2) is 0 Å². The van der Waals surface area contributed by atoms with Gasteiger partial charge in [-0.05, 0) is 58.4 Å². The second kappa shape index (κ2) is 8.91. The number of fused-ring (bicyclic) bond motifs is 6. The highest BCUT2D eigenvalue weighted by Crippen LogP contribution is 2.49. The Balaban J connectivity index is 0.000000150. The summed E-state index contributed by atoms with van der Waals surface area (Å²) in [6.07, 6.45) is 0. The summed E-state index contributed by atoms with van der Waals surface area (Å²) in [5.74, 6) is 0. The molecule has 0 nitrogen and oxygen atoms in total. The summed E-state index contributed by atoms with van der Waals surface area (Å²) in [6.45, 7) is 17.6. The molecule has 0 heterocycles. The zero-order valence-electron chi connectivity index (χ0n) is 22.1. The van der Waals surface area contributed by atoms with Gasteiger partial charge in [0, 0.05) is 10.8 Å². The first-order chi connectivity index (χ1) is 16.2. The van der Waals surface area contributed by atoms with Gasteiger partial charge in [-0.2, -0.15) is 0 Å². The fraction of sp³-hybridized carbons (Fsp3) is 0.294. The highest BCUT2D eigenvalue weighted by molar-refractivity contribution is 5.81. The quantitative estimate of drug-likeness (QED) is 0.252. The van der Waals surface area contributed by atoms with Crippen molar-refractivity contribution in [2.45, 2.75) is 66.2 Å². The molecule has 4 aromatic rings. The Hall–Kier alpha value is -3.12. The number of benzene rings is 4. The van der Waals surface area contributed by atoms with Crippen LogP contribution in [-0.2, 0) is 10.8 Å². The van der Waals surface area contributed by atoms with Crippen LogP contribution >= 0.6 is 0 Å². The molecule has 0 aromatic heterocycles. The van der Waals surface area contributed by atoms with E-state index >= 15 is 0 Å². The second-order valence-electron chi connectivity index (χ2n) is 10.4. The van der Waals surface area contributed by atoms with E-state index in [2.05, 4.69) is 126 Å². The lowest BCUT2D eigenvalue weighted by molar-refractivity contribution is 0.659. The Kier molecular flexibility index (Phi) is 6.30. The van der Waals surface area contributed by atoms with Gasteiger partial charge in [-0.3, -0.25) is 0 Å². The Morgan fingerprint density at radius 1 is 0.412 bits per heavy atom. The van der Waals surface area contributed by atoms with E-state index in [1.165, 1.54) is 55.6 Å². The summed E-state index contributed by atoms with van der Waals surface area (Å²) >= 11 is 0. The summed E-state index contributed by atoms with van der Waals surface area (Å²) in [4.78, 5) is 0. The maximum atomic E-state index is 2.33. The van der Waals surface area contributed by atoms with Gasteiger partial charge < -0.3 is 0 Å². The molecule has 0 saturated heterocycles. The topological polar surface area (TPSA) is 0 Å². The number of rotatable bonds is 0. The van der Waals surface area contributed by atoms with E-state index < -0.39 is 0 Å². The molecule has 0 saturated carbocycles. The molecule has 0 radical (unpaired) electrons. The molecule has 2 aliphatic carbocycles. The molecule has 174 valence electrons. The highest BCUT2D eigenvalue weighted by atomic mass is 14.4. The molecule has 0 heteroatoms. The fourth-order valence-corrected chi connectivity index (χ4v) is 5.64. The first-order valence-corrected chi connectivity index (χ1v) is 12.6. The molecule has 0 unspecified atom stereocenters. The molecule has 0 amide bonds. The van der Waals surface area contributed by atoms with Gasteiger partial charge in [-0.15, -0.1) is 0 Å². The molecule has 2 aliphatic rings. The summed E-state index contributed by atoms with van der Waals surface area (Å²) in [7, 11) is 0. The van der Waals surface area contributed by atoms with Crippen LogP contribution in [-0.4, -0.2) is 0 Å². The first-order valence-electron chi connectivity index (χ1n) is 12.6. The van der Waals surface area contributed by atoms with Crippen LogP contribution in [0, 0.1) is 13.8 Å². The van der Waals surface area contributed by atoms with Gasteiger partial charge in [0.25, 0.3) is 0 Å². The van der Waals surface area contributed by atoms with Crippen LogP contribution in [0.25, 0.3) is 22.3 Å². The molecule has 6 rings (SSSR count). The van der Waals surface area contributed by atoms with E-state index in [0.717, 1.165) is 0 Å². The average Bonchev–Trinajstić information content (AvgIpc) is 3.20. The minimum absolute atomic E-state index is 0.151. The minimum atomic E-state index is 0.151. The third-order valence-electron chi connectivity index (χ3n) is 7.48. The molecule has 0 bridgehead atoms. The molecule has 0 atom stereocenters. The Labute approximate surface area is 206 Å².